The summed E-state index contributed by atoms with van der Waals surface area (Å²) in [4.78, 5) is 27.4. The largest absolute Gasteiger partial charge is 0.509 e. The van der Waals surface area contributed by atoms with E-state index in [1.54, 1.807) is 57.3 Å². The first-order chi connectivity index (χ1) is 19.0. The molecule has 4 heterocycles. The smallest absolute Gasteiger partial charge is 0.429 e. The number of rotatable bonds is 6. The van der Waals surface area contributed by atoms with Crippen molar-refractivity contribution in [3.63, 3.8) is 0 Å². The lowest BCUT2D eigenvalue weighted by atomic mass is 10.1. The summed E-state index contributed by atoms with van der Waals surface area (Å²) in [6.07, 6.45) is 3.25. The highest BCUT2D eigenvalue weighted by Crippen LogP contribution is 2.39. The number of benzene rings is 1. The van der Waals surface area contributed by atoms with Gasteiger partial charge in [0.25, 0.3) is 10.0 Å². The minimum Gasteiger partial charge on any atom is -0.429 e. The SMILES string of the molecule is CC(C)(C)OC(=O)O[C@H]1CN(c2ccnc3c2c(-c2ccnc(N)n2)cn3S(=O)(=O)c2ccccc2)C[C@@H]1CN. The van der Waals surface area contributed by atoms with Gasteiger partial charge in [0.05, 0.1) is 28.2 Å². The molecule has 0 radical (unpaired) electrons. The molecule has 40 heavy (non-hydrogen) atoms. The van der Waals surface area contributed by atoms with Crippen LogP contribution in [0, 0.1) is 5.92 Å². The first-order valence-corrected chi connectivity index (χ1v) is 14.2. The highest BCUT2D eigenvalue weighted by molar-refractivity contribution is 7.90. The van der Waals surface area contributed by atoms with Gasteiger partial charge in [-0.3, -0.25) is 0 Å². The Morgan fingerprint density at radius 3 is 2.48 bits per heavy atom. The molecule has 1 fully saturated rings. The normalized spacial score (nSPS) is 17.8. The number of hydrogen-bond donors (Lipinski definition) is 2. The molecule has 1 saturated heterocycles. The summed E-state index contributed by atoms with van der Waals surface area (Å²) >= 11 is 0. The second kappa shape index (κ2) is 10.4. The lowest BCUT2D eigenvalue weighted by Gasteiger charge is -2.23. The molecular formula is C27H31N7O5S. The van der Waals surface area contributed by atoms with Crippen molar-refractivity contribution >= 4 is 38.8 Å². The number of nitrogens with two attached hydrogens (primary N) is 2. The van der Waals surface area contributed by atoms with Crippen LogP contribution in [0.5, 0.6) is 0 Å². The third kappa shape index (κ3) is 5.29. The molecule has 2 atom stereocenters. The number of aromatic nitrogens is 4. The number of pyridine rings is 1. The van der Waals surface area contributed by atoms with Gasteiger partial charge in [0.1, 0.15) is 11.7 Å². The van der Waals surface area contributed by atoms with Crippen LogP contribution in [-0.2, 0) is 19.5 Å². The quantitative estimate of drug-likeness (QED) is 0.330. The topological polar surface area (TPSA) is 169 Å². The number of ether oxygens (including phenoxy) is 2. The number of carbonyl (C=O) groups excluding carboxylic acids is 1. The summed E-state index contributed by atoms with van der Waals surface area (Å²) in [5.74, 6) is -0.131. The predicted molar refractivity (Wildman–Crippen MR) is 150 cm³/mol. The van der Waals surface area contributed by atoms with Crippen molar-refractivity contribution in [2.24, 2.45) is 11.7 Å². The fraction of sp³-hybridized carbons (Fsp3) is 0.333. The Morgan fingerprint density at radius 1 is 1.07 bits per heavy atom. The van der Waals surface area contributed by atoms with Crippen LogP contribution in [0.15, 0.2) is 66.0 Å². The van der Waals surface area contributed by atoms with Gasteiger partial charge in [-0.15, -0.1) is 0 Å². The average molecular weight is 566 g/mol. The van der Waals surface area contributed by atoms with Crippen molar-refractivity contribution in [2.45, 2.75) is 37.4 Å². The fourth-order valence-electron chi connectivity index (χ4n) is 4.78. The number of hydrogen-bond acceptors (Lipinski definition) is 11. The van der Waals surface area contributed by atoms with Gasteiger partial charge in [0, 0.05) is 43.2 Å². The van der Waals surface area contributed by atoms with E-state index >= 15 is 0 Å². The van der Waals surface area contributed by atoms with Gasteiger partial charge in [-0.1, -0.05) is 18.2 Å². The zero-order chi connectivity index (χ0) is 28.7. The van der Waals surface area contributed by atoms with Crippen molar-refractivity contribution in [1.82, 2.24) is 18.9 Å². The molecule has 0 amide bonds. The van der Waals surface area contributed by atoms with Crippen molar-refractivity contribution in [1.29, 1.82) is 0 Å². The minimum absolute atomic E-state index is 0.0462. The van der Waals surface area contributed by atoms with E-state index in [0.29, 0.717) is 35.4 Å². The maximum Gasteiger partial charge on any atom is 0.509 e. The van der Waals surface area contributed by atoms with Crippen molar-refractivity contribution in [2.75, 3.05) is 30.3 Å². The molecule has 13 heteroatoms. The zero-order valence-corrected chi connectivity index (χ0v) is 23.2. The van der Waals surface area contributed by atoms with Crippen LogP contribution < -0.4 is 16.4 Å². The second-order valence-electron chi connectivity index (χ2n) is 10.5. The van der Waals surface area contributed by atoms with Crippen LogP contribution in [0.4, 0.5) is 16.4 Å². The van der Waals surface area contributed by atoms with Crippen LogP contribution >= 0.6 is 0 Å². The molecule has 1 aromatic carbocycles. The maximum absolute atomic E-state index is 13.7. The van der Waals surface area contributed by atoms with E-state index in [2.05, 4.69) is 15.0 Å². The first kappa shape index (κ1) is 27.3. The van der Waals surface area contributed by atoms with Crippen molar-refractivity contribution < 1.29 is 22.7 Å². The van der Waals surface area contributed by atoms with Gasteiger partial charge in [0.15, 0.2) is 5.65 Å². The second-order valence-corrected chi connectivity index (χ2v) is 12.3. The summed E-state index contributed by atoms with van der Waals surface area (Å²) in [7, 11) is -4.01. The van der Waals surface area contributed by atoms with E-state index in [9.17, 15) is 13.2 Å². The molecule has 1 aliphatic rings. The van der Waals surface area contributed by atoms with Gasteiger partial charge in [-0.25, -0.2) is 32.1 Å². The average Bonchev–Trinajstić information content (AvgIpc) is 3.50. The van der Waals surface area contributed by atoms with Crippen molar-refractivity contribution in [3.05, 3.63) is 61.1 Å². The zero-order valence-electron chi connectivity index (χ0n) is 22.4. The van der Waals surface area contributed by atoms with E-state index < -0.39 is 27.9 Å². The molecule has 4 aromatic rings. The molecule has 5 rings (SSSR count). The van der Waals surface area contributed by atoms with Crippen LogP contribution in [0.25, 0.3) is 22.3 Å². The lowest BCUT2D eigenvalue weighted by molar-refractivity contribution is -0.0300. The summed E-state index contributed by atoms with van der Waals surface area (Å²) in [5, 5.41) is 0.550. The number of anilines is 2. The number of nitrogens with zero attached hydrogens (tertiary/aromatic N) is 5. The van der Waals surface area contributed by atoms with E-state index in [0.717, 1.165) is 3.97 Å². The summed E-state index contributed by atoms with van der Waals surface area (Å²) < 4.78 is 39.7. The molecule has 3 aromatic heterocycles. The van der Waals surface area contributed by atoms with E-state index in [4.69, 9.17) is 20.9 Å². The van der Waals surface area contributed by atoms with Crippen LogP contribution in [0.1, 0.15) is 20.8 Å². The highest BCUT2D eigenvalue weighted by Gasteiger charge is 2.37. The third-order valence-electron chi connectivity index (χ3n) is 6.55. The van der Waals surface area contributed by atoms with Crippen LogP contribution in [0.3, 0.4) is 0 Å². The Labute approximate surface area is 232 Å². The summed E-state index contributed by atoms with van der Waals surface area (Å²) in [6, 6.07) is 11.6. The Hall–Kier alpha value is -4.23. The Kier molecular flexibility index (Phi) is 7.10. The number of fused-ring (bicyclic) bond motifs is 1. The van der Waals surface area contributed by atoms with Gasteiger partial charge in [-0.05, 0) is 45.0 Å². The molecule has 1 aliphatic heterocycles. The molecule has 210 valence electrons. The minimum atomic E-state index is -4.01. The van der Waals surface area contributed by atoms with Gasteiger partial charge in [-0.2, -0.15) is 0 Å². The molecular weight excluding hydrogens is 534 g/mol. The number of carbonyl (C=O) groups is 1. The van der Waals surface area contributed by atoms with E-state index in [1.165, 1.54) is 24.5 Å². The fourth-order valence-corrected chi connectivity index (χ4v) is 6.11. The Balaban J connectivity index is 1.62. The highest BCUT2D eigenvalue weighted by atomic mass is 32.2. The van der Waals surface area contributed by atoms with Crippen LogP contribution in [0.2, 0.25) is 0 Å². The monoisotopic (exact) mass is 565 g/mol. The molecule has 0 unspecified atom stereocenters. The molecule has 0 saturated carbocycles. The maximum atomic E-state index is 13.7. The van der Waals surface area contributed by atoms with Crippen molar-refractivity contribution in [3.8, 4) is 11.3 Å². The Bertz CT molecular complexity index is 1650. The van der Waals surface area contributed by atoms with E-state index in [-0.39, 0.29) is 29.0 Å². The van der Waals surface area contributed by atoms with Gasteiger partial charge in [0.2, 0.25) is 5.95 Å². The molecule has 12 nitrogen and oxygen atoms in total. The van der Waals surface area contributed by atoms with Gasteiger partial charge < -0.3 is 25.8 Å². The van der Waals surface area contributed by atoms with E-state index in [1.807, 2.05) is 4.90 Å². The molecule has 4 N–H and O–H groups in total. The molecule has 0 bridgehead atoms. The summed E-state index contributed by atoms with van der Waals surface area (Å²) in [5.41, 5.74) is 13.1. The predicted octanol–water partition coefficient (Wildman–Crippen LogP) is 3.03. The Morgan fingerprint density at radius 2 is 1.80 bits per heavy atom. The standard InChI is InChI=1S/C27H31N7O5S/c1-27(2,3)39-26(35)38-22-16-33(14-17(22)13-28)21-10-12-30-24-23(21)19(20-9-11-31-25(29)32-20)15-34(24)40(36,37)18-7-5-4-6-8-18/h4-12,15,17,22H,13-14,16,28H2,1-3H3,(H2,29,31,32)/t17-,22-/m0/s1. The lowest BCUT2D eigenvalue weighted by Crippen LogP contribution is -2.33. The van der Waals surface area contributed by atoms with Crippen LogP contribution in [-0.4, -0.2) is 64.8 Å². The molecule has 0 aliphatic carbocycles. The third-order valence-corrected chi connectivity index (χ3v) is 8.21. The molecule has 0 spiro atoms. The summed E-state index contributed by atoms with van der Waals surface area (Å²) in [6.45, 7) is 6.35. The number of nitrogen functional groups attached to an aromatic ring is 1. The van der Waals surface area contributed by atoms with Gasteiger partial charge >= 0.3 is 6.16 Å². The first-order valence-electron chi connectivity index (χ1n) is 12.7.